The van der Waals surface area contributed by atoms with Crippen molar-refractivity contribution >= 4 is 6.29 Å². The van der Waals surface area contributed by atoms with E-state index >= 15 is 0 Å². The maximum atomic E-state index is 9.97. The molecule has 3 heteroatoms. The number of carbonyl (C=O) groups is 1. The van der Waals surface area contributed by atoms with E-state index in [1.165, 1.54) is 0 Å². The van der Waals surface area contributed by atoms with Crippen LogP contribution >= 0.6 is 0 Å². The monoisotopic (exact) mass is 144 g/mol. The summed E-state index contributed by atoms with van der Waals surface area (Å²) in [6.45, 7) is 1.33. The van der Waals surface area contributed by atoms with Gasteiger partial charge in [-0.1, -0.05) is 0 Å². The fourth-order valence-electron chi connectivity index (χ4n) is 1.15. The molecule has 1 aliphatic heterocycles. The van der Waals surface area contributed by atoms with Gasteiger partial charge in [0.2, 0.25) is 0 Å². The number of aldehydes is 1. The van der Waals surface area contributed by atoms with Gasteiger partial charge < -0.3 is 14.6 Å². The SMILES string of the molecule is O=CCC(O)C1CCOC1. The molecular formula is C7H12O3. The van der Waals surface area contributed by atoms with Crippen LogP contribution < -0.4 is 0 Å². The van der Waals surface area contributed by atoms with Gasteiger partial charge in [0.25, 0.3) is 0 Å². The number of rotatable bonds is 3. The Morgan fingerprint density at radius 2 is 2.60 bits per heavy atom. The van der Waals surface area contributed by atoms with Gasteiger partial charge in [0.1, 0.15) is 6.29 Å². The lowest BCUT2D eigenvalue weighted by atomic mass is 10.00. The zero-order valence-corrected chi connectivity index (χ0v) is 5.82. The van der Waals surface area contributed by atoms with Crippen molar-refractivity contribution in [2.24, 2.45) is 5.92 Å². The second-order valence-corrected chi connectivity index (χ2v) is 2.59. The molecule has 0 aromatic rings. The van der Waals surface area contributed by atoms with Gasteiger partial charge in [-0.2, -0.15) is 0 Å². The van der Waals surface area contributed by atoms with Gasteiger partial charge in [-0.3, -0.25) is 0 Å². The molecule has 0 aliphatic carbocycles. The summed E-state index contributed by atoms with van der Waals surface area (Å²) in [7, 11) is 0. The quantitative estimate of drug-likeness (QED) is 0.566. The van der Waals surface area contributed by atoms with Crippen LogP contribution in [0.2, 0.25) is 0 Å². The summed E-state index contributed by atoms with van der Waals surface area (Å²) in [5.41, 5.74) is 0. The fourth-order valence-corrected chi connectivity index (χ4v) is 1.15. The smallest absolute Gasteiger partial charge is 0.122 e. The molecule has 3 nitrogen and oxygen atoms in total. The van der Waals surface area contributed by atoms with Gasteiger partial charge in [0, 0.05) is 18.9 Å². The Balaban J connectivity index is 2.24. The lowest BCUT2D eigenvalue weighted by Crippen LogP contribution is -2.20. The van der Waals surface area contributed by atoms with Gasteiger partial charge in [-0.05, 0) is 6.42 Å². The number of aliphatic hydroxyl groups excluding tert-OH is 1. The number of carbonyl (C=O) groups excluding carboxylic acids is 1. The lowest BCUT2D eigenvalue weighted by Gasteiger charge is -2.12. The number of hydrogen-bond donors (Lipinski definition) is 1. The van der Waals surface area contributed by atoms with Crippen LogP contribution in [0.15, 0.2) is 0 Å². The minimum absolute atomic E-state index is 0.185. The number of aliphatic hydroxyl groups is 1. The predicted molar refractivity (Wildman–Crippen MR) is 35.6 cm³/mol. The summed E-state index contributed by atoms with van der Waals surface area (Å²) in [6.07, 6.45) is 1.39. The summed E-state index contributed by atoms with van der Waals surface area (Å²) in [6, 6.07) is 0. The molecule has 0 spiro atoms. The van der Waals surface area contributed by atoms with Crippen molar-refractivity contribution in [1.29, 1.82) is 0 Å². The topological polar surface area (TPSA) is 46.5 Å². The average Bonchev–Trinajstić information content (AvgIpc) is 2.38. The first-order valence-corrected chi connectivity index (χ1v) is 3.54. The fraction of sp³-hybridized carbons (Fsp3) is 0.857. The molecule has 0 bridgehead atoms. The predicted octanol–water partition coefficient (Wildman–Crippen LogP) is -0.0272. The third-order valence-electron chi connectivity index (χ3n) is 1.85. The van der Waals surface area contributed by atoms with Crippen LogP contribution in [0, 0.1) is 5.92 Å². The molecule has 1 heterocycles. The third kappa shape index (κ3) is 1.78. The maximum absolute atomic E-state index is 9.97. The molecular weight excluding hydrogens is 132 g/mol. The second-order valence-electron chi connectivity index (χ2n) is 2.59. The van der Waals surface area contributed by atoms with E-state index in [1.807, 2.05) is 0 Å². The molecule has 1 saturated heterocycles. The molecule has 2 unspecified atom stereocenters. The second kappa shape index (κ2) is 3.68. The van der Waals surface area contributed by atoms with Crippen LogP contribution in [-0.4, -0.2) is 30.7 Å². The van der Waals surface area contributed by atoms with Gasteiger partial charge in [0.15, 0.2) is 0 Å². The van der Waals surface area contributed by atoms with Crippen LogP contribution in [-0.2, 0) is 9.53 Å². The largest absolute Gasteiger partial charge is 0.392 e. The van der Waals surface area contributed by atoms with Gasteiger partial charge >= 0.3 is 0 Å². The standard InChI is InChI=1S/C7H12O3/c8-3-1-7(9)6-2-4-10-5-6/h3,6-7,9H,1-2,4-5H2. The van der Waals surface area contributed by atoms with Crippen molar-refractivity contribution in [2.45, 2.75) is 18.9 Å². The van der Waals surface area contributed by atoms with E-state index in [1.54, 1.807) is 0 Å². The summed E-state index contributed by atoms with van der Waals surface area (Å²) in [5.74, 6) is 0.185. The Labute approximate surface area is 60.0 Å². The molecule has 1 rings (SSSR count). The van der Waals surface area contributed by atoms with E-state index < -0.39 is 6.10 Å². The van der Waals surface area contributed by atoms with Crippen molar-refractivity contribution < 1.29 is 14.6 Å². The Bertz CT molecular complexity index is 107. The van der Waals surface area contributed by atoms with E-state index in [4.69, 9.17) is 4.74 Å². The molecule has 0 radical (unpaired) electrons. The summed E-state index contributed by atoms with van der Waals surface area (Å²) >= 11 is 0. The van der Waals surface area contributed by atoms with Crippen LogP contribution in [0.5, 0.6) is 0 Å². The van der Waals surface area contributed by atoms with Crippen molar-refractivity contribution in [3.05, 3.63) is 0 Å². The molecule has 10 heavy (non-hydrogen) atoms. The third-order valence-corrected chi connectivity index (χ3v) is 1.85. The molecule has 0 aromatic carbocycles. The molecule has 1 fully saturated rings. The van der Waals surface area contributed by atoms with E-state index in [0.717, 1.165) is 19.3 Å². The highest BCUT2D eigenvalue weighted by Crippen LogP contribution is 2.17. The van der Waals surface area contributed by atoms with Gasteiger partial charge in [-0.25, -0.2) is 0 Å². The Kier molecular flexibility index (Phi) is 2.83. The van der Waals surface area contributed by atoms with Crippen molar-refractivity contribution in [2.75, 3.05) is 13.2 Å². The zero-order valence-electron chi connectivity index (χ0n) is 5.82. The minimum Gasteiger partial charge on any atom is -0.392 e. The van der Waals surface area contributed by atoms with Crippen LogP contribution in [0.4, 0.5) is 0 Å². The van der Waals surface area contributed by atoms with Crippen molar-refractivity contribution in [1.82, 2.24) is 0 Å². The first kappa shape index (κ1) is 7.69. The molecule has 1 aliphatic rings. The van der Waals surface area contributed by atoms with Crippen LogP contribution in [0.25, 0.3) is 0 Å². The van der Waals surface area contributed by atoms with E-state index in [0.29, 0.717) is 6.61 Å². The highest BCUT2D eigenvalue weighted by molar-refractivity contribution is 5.50. The maximum Gasteiger partial charge on any atom is 0.122 e. The molecule has 0 aromatic heterocycles. The number of ether oxygens (including phenoxy) is 1. The summed E-state index contributed by atoms with van der Waals surface area (Å²) in [4.78, 5) is 9.97. The van der Waals surface area contributed by atoms with Gasteiger partial charge in [-0.15, -0.1) is 0 Å². The molecule has 58 valence electrons. The highest BCUT2D eigenvalue weighted by Gasteiger charge is 2.22. The highest BCUT2D eigenvalue weighted by atomic mass is 16.5. The number of hydrogen-bond acceptors (Lipinski definition) is 3. The van der Waals surface area contributed by atoms with Crippen molar-refractivity contribution in [3.63, 3.8) is 0 Å². The Hall–Kier alpha value is -0.410. The molecule has 0 amide bonds. The summed E-state index contributed by atoms with van der Waals surface area (Å²) < 4.78 is 5.05. The van der Waals surface area contributed by atoms with E-state index in [2.05, 4.69) is 0 Å². The molecule has 1 N–H and O–H groups in total. The van der Waals surface area contributed by atoms with Gasteiger partial charge in [0.05, 0.1) is 12.7 Å². The van der Waals surface area contributed by atoms with Crippen LogP contribution in [0.1, 0.15) is 12.8 Å². The zero-order chi connectivity index (χ0) is 7.40. The first-order chi connectivity index (χ1) is 4.84. The Morgan fingerprint density at radius 3 is 3.10 bits per heavy atom. The van der Waals surface area contributed by atoms with Crippen molar-refractivity contribution in [3.8, 4) is 0 Å². The normalized spacial score (nSPS) is 28.3. The van der Waals surface area contributed by atoms with E-state index in [9.17, 15) is 9.90 Å². The first-order valence-electron chi connectivity index (χ1n) is 3.54. The Morgan fingerprint density at radius 1 is 1.80 bits per heavy atom. The van der Waals surface area contributed by atoms with Crippen LogP contribution in [0.3, 0.4) is 0 Å². The molecule has 0 saturated carbocycles. The van der Waals surface area contributed by atoms with E-state index in [-0.39, 0.29) is 12.3 Å². The average molecular weight is 144 g/mol. The lowest BCUT2D eigenvalue weighted by molar-refractivity contribution is -0.110. The molecule has 2 atom stereocenters. The summed E-state index contributed by atoms with van der Waals surface area (Å²) in [5, 5.41) is 9.24. The minimum atomic E-state index is -0.486.